The molecule has 0 amide bonds. The molecular weight excluding hydrogens is 466 g/mol. The molecule has 1 aliphatic heterocycles. The minimum absolute atomic E-state index is 0.0686. The van der Waals surface area contributed by atoms with Crippen LogP contribution in [0.15, 0.2) is 87.8 Å². The molecule has 0 aliphatic carbocycles. The van der Waals surface area contributed by atoms with Gasteiger partial charge in [-0.15, -0.1) is 0 Å². The van der Waals surface area contributed by atoms with Gasteiger partial charge in [0, 0.05) is 26.5 Å². The summed E-state index contributed by atoms with van der Waals surface area (Å²) >= 11 is 7.05. The molecule has 27 heavy (non-hydrogen) atoms. The van der Waals surface area contributed by atoms with E-state index in [0.29, 0.717) is 0 Å². The molecule has 0 unspecified atom stereocenters. The zero-order valence-electron chi connectivity index (χ0n) is 14.8. The average Bonchev–Trinajstić information content (AvgIpc) is 2.69. The summed E-state index contributed by atoms with van der Waals surface area (Å²) < 4.78 is 2.15. The van der Waals surface area contributed by atoms with Crippen molar-refractivity contribution >= 4 is 31.9 Å². The molecule has 3 N–H and O–H groups in total. The summed E-state index contributed by atoms with van der Waals surface area (Å²) in [6.45, 7) is 0. The number of aliphatic hydroxyl groups is 1. The molecule has 0 aromatic heterocycles. The molecule has 138 valence electrons. The van der Waals surface area contributed by atoms with Gasteiger partial charge in [0.2, 0.25) is 0 Å². The predicted molar refractivity (Wildman–Crippen MR) is 115 cm³/mol. The van der Waals surface area contributed by atoms with Crippen molar-refractivity contribution in [1.29, 1.82) is 0 Å². The number of piperidine rings is 1. The van der Waals surface area contributed by atoms with Gasteiger partial charge in [0.05, 0.1) is 12.0 Å². The SMILES string of the molecule is O[C@H]1C[C@H](c2ccc(Br)cc2)[NH2+][C@H](c2ccc(Br)cc2)[C@@H]1c1ccccc1. The van der Waals surface area contributed by atoms with Crippen molar-refractivity contribution < 1.29 is 10.4 Å². The number of quaternary nitrogens is 1. The van der Waals surface area contributed by atoms with Gasteiger partial charge >= 0.3 is 0 Å². The van der Waals surface area contributed by atoms with Gasteiger partial charge in [-0.1, -0.05) is 86.5 Å². The maximum Gasteiger partial charge on any atom is 0.121 e. The number of aliphatic hydroxyl groups excluding tert-OH is 1. The summed E-state index contributed by atoms with van der Waals surface area (Å²) in [7, 11) is 0. The Balaban J connectivity index is 1.71. The second kappa shape index (κ2) is 8.27. The van der Waals surface area contributed by atoms with Crippen LogP contribution in [0.5, 0.6) is 0 Å². The fourth-order valence-electron chi connectivity index (χ4n) is 4.16. The first-order valence-corrected chi connectivity index (χ1v) is 10.8. The summed E-state index contributed by atoms with van der Waals surface area (Å²) in [4.78, 5) is 0. The second-order valence-electron chi connectivity index (χ2n) is 7.17. The van der Waals surface area contributed by atoms with Crippen LogP contribution in [0.4, 0.5) is 0 Å². The van der Waals surface area contributed by atoms with E-state index in [4.69, 9.17) is 0 Å². The van der Waals surface area contributed by atoms with Crippen molar-refractivity contribution in [3.8, 4) is 0 Å². The first-order valence-electron chi connectivity index (χ1n) is 9.21. The lowest BCUT2D eigenvalue weighted by Crippen LogP contribution is -2.90. The molecule has 1 fully saturated rings. The zero-order valence-corrected chi connectivity index (χ0v) is 18.0. The van der Waals surface area contributed by atoms with Gasteiger partial charge in [-0.3, -0.25) is 0 Å². The lowest BCUT2D eigenvalue weighted by atomic mass is 9.76. The van der Waals surface area contributed by atoms with E-state index in [0.717, 1.165) is 15.4 Å². The topological polar surface area (TPSA) is 36.8 Å². The third-order valence-corrected chi connectivity index (χ3v) is 6.53. The van der Waals surface area contributed by atoms with Crippen molar-refractivity contribution in [2.75, 3.05) is 0 Å². The smallest absolute Gasteiger partial charge is 0.121 e. The van der Waals surface area contributed by atoms with Crippen LogP contribution in [0.25, 0.3) is 0 Å². The quantitative estimate of drug-likeness (QED) is 0.529. The van der Waals surface area contributed by atoms with E-state index in [1.54, 1.807) is 0 Å². The van der Waals surface area contributed by atoms with Crippen molar-refractivity contribution in [3.63, 3.8) is 0 Å². The van der Waals surface area contributed by atoms with Crippen LogP contribution < -0.4 is 5.32 Å². The van der Waals surface area contributed by atoms with Gasteiger partial charge in [0.1, 0.15) is 12.1 Å². The monoisotopic (exact) mass is 486 g/mol. The Hall–Kier alpha value is -1.46. The number of halogens is 2. The Morgan fingerprint density at radius 3 is 1.85 bits per heavy atom. The van der Waals surface area contributed by atoms with E-state index >= 15 is 0 Å². The van der Waals surface area contributed by atoms with Crippen LogP contribution in [-0.2, 0) is 0 Å². The highest BCUT2D eigenvalue weighted by molar-refractivity contribution is 9.10. The van der Waals surface area contributed by atoms with Crippen molar-refractivity contribution in [2.45, 2.75) is 30.5 Å². The lowest BCUT2D eigenvalue weighted by molar-refractivity contribution is -0.749. The molecule has 0 bridgehead atoms. The second-order valence-corrected chi connectivity index (χ2v) is 9.00. The molecule has 0 saturated carbocycles. The predicted octanol–water partition coefficient (Wildman–Crippen LogP) is 5.11. The van der Waals surface area contributed by atoms with Crippen LogP contribution >= 0.6 is 31.9 Å². The van der Waals surface area contributed by atoms with E-state index in [1.165, 1.54) is 16.7 Å². The number of nitrogens with two attached hydrogens (primary N) is 1. The van der Waals surface area contributed by atoms with Gasteiger partial charge in [-0.25, -0.2) is 0 Å². The number of rotatable bonds is 3. The molecule has 4 atom stereocenters. The van der Waals surface area contributed by atoms with Gasteiger partial charge in [0.25, 0.3) is 0 Å². The third-order valence-electron chi connectivity index (χ3n) is 5.47. The Labute approximate surface area is 176 Å². The summed E-state index contributed by atoms with van der Waals surface area (Å²) in [5, 5.41) is 13.6. The van der Waals surface area contributed by atoms with Crippen molar-refractivity contribution in [1.82, 2.24) is 0 Å². The molecule has 1 aliphatic rings. The van der Waals surface area contributed by atoms with Gasteiger partial charge in [-0.2, -0.15) is 0 Å². The fourth-order valence-corrected chi connectivity index (χ4v) is 4.69. The van der Waals surface area contributed by atoms with E-state index in [2.05, 4.69) is 110 Å². The summed E-state index contributed by atoms with van der Waals surface area (Å²) in [6, 6.07) is 27.8. The van der Waals surface area contributed by atoms with E-state index < -0.39 is 0 Å². The van der Waals surface area contributed by atoms with Crippen LogP contribution in [0, 0.1) is 0 Å². The molecule has 1 heterocycles. The molecule has 4 heteroatoms. The number of hydrogen-bond acceptors (Lipinski definition) is 1. The average molecular weight is 488 g/mol. The molecule has 4 rings (SSSR count). The Morgan fingerprint density at radius 1 is 0.704 bits per heavy atom. The van der Waals surface area contributed by atoms with Crippen LogP contribution in [0.1, 0.15) is 41.1 Å². The first kappa shape index (κ1) is 18.9. The number of benzene rings is 3. The Kier molecular flexibility index (Phi) is 5.79. The first-order chi connectivity index (χ1) is 13.1. The van der Waals surface area contributed by atoms with Gasteiger partial charge in [0.15, 0.2) is 0 Å². The molecule has 0 spiro atoms. The van der Waals surface area contributed by atoms with Crippen molar-refractivity contribution in [2.24, 2.45) is 0 Å². The summed E-state index contributed by atoms with van der Waals surface area (Å²) in [5.41, 5.74) is 3.70. The minimum Gasteiger partial charge on any atom is -0.392 e. The standard InChI is InChI=1S/C23H21Br2NO/c24-18-10-6-15(7-11-18)20-14-21(27)22(16-4-2-1-3-5-16)23(26-20)17-8-12-19(25)13-9-17/h1-13,20-23,26-27H,14H2/p+1/t20-,21+,22-,23-/m1/s1. The van der Waals surface area contributed by atoms with Crippen LogP contribution in [0.2, 0.25) is 0 Å². The lowest BCUT2D eigenvalue weighted by Gasteiger charge is -2.38. The van der Waals surface area contributed by atoms with Crippen LogP contribution in [0.3, 0.4) is 0 Å². The van der Waals surface area contributed by atoms with E-state index in [9.17, 15) is 5.11 Å². The van der Waals surface area contributed by atoms with E-state index in [1.807, 2.05) is 6.07 Å². The number of hydrogen-bond donors (Lipinski definition) is 2. The van der Waals surface area contributed by atoms with Gasteiger partial charge < -0.3 is 10.4 Å². The van der Waals surface area contributed by atoms with Crippen molar-refractivity contribution in [3.05, 3.63) is 104 Å². The third kappa shape index (κ3) is 4.19. The maximum absolute atomic E-state index is 11.2. The molecule has 2 nitrogen and oxygen atoms in total. The highest BCUT2D eigenvalue weighted by Gasteiger charge is 2.42. The van der Waals surface area contributed by atoms with E-state index in [-0.39, 0.29) is 24.1 Å². The maximum atomic E-state index is 11.2. The molecule has 3 aromatic carbocycles. The Morgan fingerprint density at radius 2 is 1.26 bits per heavy atom. The highest BCUT2D eigenvalue weighted by atomic mass is 79.9. The summed E-state index contributed by atoms with van der Waals surface area (Å²) in [5.74, 6) is 0.0686. The Bertz CT molecular complexity index is 881. The van der Waals surface area contributed by atoms with Gasteiger partial charge in [-0.05, 0) is 29.8 Å². The normalized spacial score (nSPS) is 25.3. The summed E-state index contributed by atoms with van der Waals surface area (Å²) in [6.07, 6.45) is 0.355. The minimum atomic E-state index is -0.389. The molecule has 0 radical (unpaired) electrons. The zero-order chi connectivity index (χ0) is 18.8. The molecule has 1 saturated heterocycles. The van der Waals surface area contributed by atoms with Crippen LogP contribution in [-0.4, -0.2) is 11.2 Å². The fraction of sp³-hybridized carbons (Fsp3) is 0.217. The molecular formula is C23H22Br2NO+. The highest BCUT2D eigenvalue weighted by Crippen LogP contribution is 2.38. The molecule has 3 aromatic rings. The largest absolute Gasteiger partial charge is 0.392 e.